The third-order valence-corrected chi connectivity index (χ3v) is 4.39. The average Bonchev–Trinajstić information content (AvgIpc) is 2.63. The van der Waals surface area contributed by atoms with E-state index in [0.29, 0.717) is 21.7 Å². The van der Waals surface area contributed by atoms with Gasteiger partial charge in [-0.3, -0.25) is 4.79 Å². The summed E-state index contributed by atoms with van der Waals surface area (Å²) in [6.07, 6.45) is 0. The number of esters is 1. The SMILES string of the molecule is COC(=O)[C@H](c1ccc(Cl)c(Cl)c1)N(C)C(=O)c1ccc(C#N)cc1. The Morgan fingerprint density at radius 3 is 2.28 bits per heavy atom. The molecule has 0 aromatic heterocycles. The van der Waals surface area contributed by atoms with Crippen molar-refractivity contribution in [1.82, 2.24) is 4.90 Å². The molecule has 2 rings (SSSR count). The van der Waals surface area contributed by atoms with Gasteiger partial charge in [0.1, 0.15) is 0 Å². The standard InChI is InChI=1S/C18H14Cl2N2O3/c1-22(17(23)12-5-3-11(10-21)4-6-12)16(18(24)25-2)13-7-8-14(19)15(20)9-13/h3-9,16H,1-2H3/t16-/m0/s1. The van der Waals surface area contributed by atoms with Gasteiger partial charge in [-0.1, -0.05) is 29.3 Å². The monoisotopic (exact) mass is 376 g/mol. The van der Waals surface area contributed by atoms with Gasteiger partial charge in [-0.15, -0.1) is 0 Å². The van der Waals surface area contributed by atoms with Crippen LogP contribution in [-0.2, 0) is 9.53 Å². The van der Waals surface area contributed by atoms with Crippen LogP contribution in [0, 0.1) is 11.3 Å². The van der Waals surface area contributed by atoms with E-state index in [1.165, 1.54) is 49.4 Å². The second-order valence-corrected chi connectivity index (χ2v) is 6.02. The van der Waals surface area contributed by atoms with Gasteiger partial charge < -0.3 is 9.64 Å². The van der Waals surface area contributed by atoms with E-state index < -0.39 is 17.9 Å². The van der Waals surface area contributed by atoms with Crippen LogP contribution in [0.2, 0.25) is 10.0 Å². The van der Waals surface area contributed by atoms with Crippen LogP contribution in [0.25, 0.3) is 0 Å². The van der Waals surface area contributed by atoms with E-state index in [1.807, 2.05) is 6.07 Å². The molecule has 0 fully saturated rings. The maximum atomic E-state index is 12.7. The molecule has 0 radical (unpaired) electrons. The molecule has 2 aromatic rings. The largest absolute Gasteiger partial charge is 0.467 e. The van der Waals surface area contributed by atoms with Crippen LogP contribution in [-0.4, -0.2) is 30.9 Å². The fraction of sp³-hybridized carbons (Fsp3) is 0.167. The highest BCUT2D eigenvalue weighted by Gasteiger charge is 2.30. The predicted octanol–water partition coefficient (Wildman–Crippen LogP) is 3.85. The Balaban J connectivity index is 2.39. The molecule has 0 spiro atoms. The summed E-state index contributed by atoms with van der Waals surface area (Å²) in [7, 11) is 2.73. The summed E-state index contributed by atoms with van der Waals surface area (Å²) in [6.45, 7) is 0. The van der Waals surface area contributed by atoms with Crippen molar-refractivity contribution in [3.8, 4) is 6.07 Å². The lowest BCUT2D eigenvalue weighted by Crippen LogP contribution is -2.36. The van der Waals surface area contributed by atoms with Gasteiger partial charge in [-0.2, -0.15) is 5.26 Å². The number of likely N-dealkylation sites (N-methyl/N-ethyl adjacent to an activating group) is 1. The van der Waals surface area contributed by atoms with Crippen molar-refractivity contribution >= 4 is 35.1 Å². The number of carbonyl (C=O) groups excluding carboxylic acids is 2. The highest BCUT2D eigenvalue weighted by molar-refractivity contribution is 6.42. The number of amides is 1. The predicted molar refractivity (Wildman–Crippen MR) is 94.5 cm³/mol. The van der Waals surface area contributed by atoms with Crippen molar-refractivity contribution in [2.45, 2.75) is 6.04 Å². The van der Waals surface area contributed by atoms with E-state index in [0.717, 1.165) is 0 Å². The highest BCUT2D eigenvalue weighted by Crippen LogP contribution is 2.29. The molecule has 0 unspecified atom stereocenters. The zero-order valence-corrected chi connectivity index (χ0v) is 15.0. The highest BCUT2D eigenvalue weighted by atomic mass is 35.5. The molecular weight excluding hydrogens is 363 g/mol. The number of benzene rings is 2. The molecule has 7 heteroatoms. The number of nitrogens with zero attached hydrogens (tertiary/aromatic N) is 2. The molecule has 0 aliphatic rings. The quantitative estimate of drug-likeness (QED) is 0.759. The Bertz CT molecular complexity index is 844. The Hall–Kier alpha value is -2.55. The first-order valence-corrected chi connectivity index (χ1v) is 7.94. The first-order chi connectivity index (χ1) is 11.9. The van der Waals surface area contributed by atoms with Crippen LogP contribution >= 0.6 is 23.2 Å². The van der Waals surface area contributed by atoms with Crippen LogP contribution in [0.3, 0.4) is 0 Å². The zero-order chi connectivity index (χ0) is 18.6. The first kappa shape index (κ1) is 18.8. The number of halogens is 2. The molecule has 2 aromatic carbocycles. The van der Waals surface area contributed by atoms with Crippen LogP contribution in [0.5, 0.6) is 0 Å². The lowest BCUT2D eigenvalue weighted by atomic mass is 10.0. The van der Waals surface area contributed by atoms with Crippen LogP contribution in [0.1, 0.15) is 27.5 Å². The van der Waals surface area contributed by atoms with Gasteiger partial charge in [0.2, 0.25) is 0 Å². The smallest absolute Gasteiger partial charge is 0.333 e. The molecule has 0 saturated heterocycles. The molecular formula is C18H14Cl2N2O3. The van der Waals surface area contributed by atoms with Gasteiger partial charge in [0.25, 0.3) is 5.91 Å². The summed E-state index contributed by atoms with van der Waals surface area (Å²) in [6, 6.07) is 11.8. The molecule has 1 atom stereocenters. The van der Waals surface area contributed by atoms with Crippen LogP contribution in [0.4, 0.5) is 0 Å². The normalized spacial score (nSPS) is 11.3. The Morgan fingerprint density at radius 1 is 1.12 bits per heavy atom. The van der Waals surface area contributed by atoms with Gasteiger partial charge in [0.15, 0.2) is 6.04 Å². The van der Waals surface area contributed by atoms with Crippen LogP contribution in [0.15, 0.2) is 42.5 Å². The molecule has 0 saturated carbocycles. The third kappa shape index (κ3) is 4.11. The Kier molecular flexibility index (Phi) is 6.02. The molecule has 128 valence electrons. The van der Waals surface area contributed by atoms with Crippen molar-refractivity contribution in [3.05, 3.63) is 69.2 Å². The summed E-state index contributed by atoms with van der Waals surface area (Å²) < 4.78 is 4.83. The van der Waals surface area contributed by atoms with E-state index in [2.05, 4.69) is 0 Å². The maximum Gasteiger partial charge on any atom is 0.333 e. The summed E-state index contributed by atoms with van der Waals surface area (Å²) in [4.78, 5) is 26.2. The van der Waals surface area contributed by atoms with Crippen molar-refractivity contribution in [2.24, 2.45) is 0 Å². The fourth-order valence-electron chi connectivity index (χ4n) is 2.32. The van der Waals surface area contributed by atoms with E-state index in [-0.39, 0.29) is 5.02 Å². The van der Waals surface area contributed by atoms with Gasteiger partial charge in [0.05, 0.1) is 28.8 Å². The number of carbonyl (C=O) groups is 2. The minimum absolute atomic E-state index is 0.271. The van der Waals surface area contributed by atoms with E-state index >= 15 is 0 Å². The average molecular weight is 377 g/mol. The number of rotatable bonds is 4. The minimum atomic E-state index is -0.983. The van der Waals surface area contributed by atoms with Gasteiger partial charge >= 0.3 is 5.97 Å². The second-order valence-electron chi connectivity index (χ2n) is 5.20. The number of ether oxygens (including phenoxy) is 1. The van der Waals surface area contributed by atoms with Crippen molar-refractivity contribution < 1.29 is 14.3 Å². The topological polar surface area (TPSA) is 70.4 Å². The summed E-state index contributed by atoms with van der Waals surface area (Å²) in [5.74, 6) is -1.01. The van der Waals surface area contributed by atoms with E-state index in [4.69, 9.17) is 33.2 Å². The molecule has 1 amide bonds. The molecule has 0 aliphatic heterocycles. The summed E-state index contributed by atoms with van der Waals surface area (Å²) >= 11 is 11.9. The zero-order valence-electron chi connectivity index (χ0n) is 13.5. The fourth-order valence-corrected chi connectivity index (χ4v) is 2.63. The third-order valence-electron chi connectivity index (χ3n) is 3.65. The van der Waals surface area contributed by atoms with E-state index in [1.54, 1.807) is 12.1 Å². The lowest BCUT2D eigenvalue weighted by molar-refractivity contribution is -0.145. The molecule has 0 aliphatic carbocycles. The van der Waals surface area contributed by atoms with Crippen molar-refractivity contribution in [3.63, 3.8) is 0 Å². The van der Waals surface area contributed by atoms with Gasteiger partial charge in [-0.25, -0.2) is 4.79 Å². The molecule has 0 N–H and O–H groups in total. The second kappa shape index (κ2) is 8.02. The molecule has 0 heterocycles. The van der Waals surface area contributed by atoms with E-state index in [9.17, 15) is 9.59 Å². The number of hydrogen-bond donors (Lipinski definition) is 0. The molecule has 5 nitrogen and oxygen atoms in total. The molecule has 25 heavy (non-hydrogen) atoms. The van der Waals surface area contributed by atoms with Crippen molar-refractivity contribution in [1.29, 1.82) is 5.26 Å². The number of hydrogen-bond acceptors (Lipinski definition) is 4. The van der Waals surface area contributed by atoms with Crippen LogP contribution < -0.4 is 0 Å². The summed E-state index contributed by atoms with van der Waals surface area (Å²) in [5.41, 5.74) is 1.26. The maximum absolute atomic E-state index is 12.7. The Morgan fingerprint density at radius 2 is 1.76 bits per heavy atom. The Labute approximate surface area is 155 Å². The van der Waals surface area contributed by atoms with Gasteiger partial charge in [-0.05, 0) is 42.0 Å². The van der Waals surface area contributed by atoms with Gasteiger partial charge in [0, 0.05) is 12.6 Å². The minimum Gasteiger partial charge on any atom is -0.467 e. The lowest BCUT2D eigenvalue weighted by Gasteiger charge is -2.26. The summed E-state index contributed by atoms with van der Waals surface area (Å²) in [5, 5.41) is 9.45. The number of nitriles is 1. The first-order valence-electron chi connectivity index (χ1n) is 7.19. The number of methoxy groups -OCH3 is 1. The molecule has 0 bridgehead atoms. The van der Waals surface area contributed by atoms with Crippen molar-refractivity contribution in [2.75, 3.05) is 14.2 Å².